The zero-order valence-corrected chi connectivity index (χ0v) is 10.5. The molecule has 1 aromatic carbocycles. The van der Waals surface area contributed by atoms with Crippen LogP contribution in [0.2, 0.25) is 0 Å². The maximum atomic E-state index is 14.0. The summed E-state index contributed by atoms with van der Waals surface area (Å²) in [7, 11) is 0. The Morgan fingerprint density at radius 3 is 2.84 bits per heavy atom. The number of hydrogen-bond donors (Lipinski definition) is 1. The van der Waals surface area contributed by atoms with Gasteiger partial charge in [-0.1, -0.05) is 0 Å². The molecule has 1 fully saturated rings. The number of aliphatic hydroxyl groups is 1. The summed E-state index contributed by atoms with van der Waals surface area (Å²) in [5.41, 5.74) is 0.862. The molecule has 3 rings (SSSR count). The van der Waals surface area contributed by atoms with E-state index in [1.807, 2.05) is 0 Å². The van der Waals surface area contributed by atoms with E-state index in [9.17, 15) is 4.39 Å². The Bertz CT molecular complexity index is 597. The van der Waals surface area contributed by atoms with Gasteiger partial charge in [0.25, 0.3) is 0 Å². The molecule has 0 spiro atoms. The molecule has 1 aromatic heterocycles. The molecule has 2 heterocycles. The molecule has 0 unspecified atom stereocenters. The lowest BCUT2D eigenvalue weighted by molar-refractivity contribution is 0.0836. The van der Waals surface area contributed by atoms with Gasteiger partial charge in [-0.05, 0) is 30.5 Å². The first kappa shape index (κ1) is 12.4. The van der Waals surface area contributed by atoms with Crippen LogP contribution < -0.4 is 0 Å². The van der Waals surface area contributed by atoms with E-state index < -0.39 is 5.82 Å². The van der Waals surface area contributed by atoms with Crippen molar-refractivity contribution in [3.05, 3.63) is 35.5 Å². The van der Waals surface area contributed by atoms with Gasteiger partial charge in [-0.2, -0.15) is 0 Å². The Labute approximate surface area is 110 Å². The van der Waals surface area contributed by atoms with Crippen LogP contribution in [-0.4, -0.2) is 28.3 Å². The van der Waals surface area contributed by atoms with Crippen molar-refractivity contribution in [3.63, 3.8) is 0 Å². The third-order valence-corrected chi connectivity index (χ3v) is 3.48. The fourth-order valence-corrected chi connectivity index (χ4v) is 2.42. The minimum absolute atomic E-state index is 0.186. The fourth-order valence-electron chi connectivity index (χ4n) is 2.42. The molecule has 0 radical (unpaired) electrons. The third kappa shape index (κ3) is 2.43. The highest BCUT2D eigenvalue weighted by Crippen LogP contribution is 2.26. The monoisotopic (exact) mass is 262 g/mol. The van der Waals surface area contributed by atoms with Gasteiger partial charge in [0, 0.05) is 30.7 Å². The van der Waals surface area contributed by atoms with E-state index in [0.29, 0.717) is 35.5 Å². The molecule has 0 aliphatic carbocycles. The number of nitrogens with zero attached hydrogens (tertiary/aromatic N) is 2. The Kier molecular flexibility index (Phi) is 3.40. The van der Waals surface area contributed by atoms with Crippen molar-refractivity contribution in [1.82, 2.24) is 9.97 Å². The highest BCUT2D eigenvalue weighted by atomic mass is 19.1. The topological polar surface area (TPSA) is 55.2 Å². The molecule has 1 aliphatic heterocycles. The molecule has 4 nitrogen and oxygen atoms in total. The third-order valence-electron chi connectivity index (χ3n) is 3.48. The van der Waals surface area contributed by atoms with Gasteiger partial charge >= 0.3 is 0 Å². The summed E-state index contributed by atoms with van der Waals surface area (Å²) in [5, 5.41) is 9.68. The standard InChI is InChI=1S/C14H15FN2O2/c15-12-6-9(8-18)5-11-7-16-14(17-13(11)12)10-1-3-19-4-2-10/h5-7,10,18H,1-4,8H2. The minimum Gasteiger partial charge on any atom is -0.392 e. The van der Waals surface area contributed by atoms with E-state index in [2.05, 4.69) is 9.97 Å². The molecule has 0 amide bonds. The van der Waals surface area contributed by atoms with E-state index in [1.54, 1.807) is 12.3 Å². The number of aliphatic hydroxyl groups excluding tert-OH is 1. The molecule has 0 atom stereocenters. The number of rotatable bonds is 2. The second-order valence-corrected chi connectivity index (χ2v) is 4.79. The van der Waals surface area contributed by atoms with Gasteiger partial charge in [0.1, 0.15) is 17.2 Å². The summed E-state index contributed by atoms with van der Waals surface area (Å²) in [4.78, 5) is 8.68. The fraction of sp³-hybridized carbons (Fsp3) is 0.429. The number of aromatic nitrogens is 2. The van der Waals surface area contributed by atoms with Crippen LogP contribution in [0.1, 0.15) is 30.1 Å². The second kappa shape index (κ2) is 5.19. The average Bonchev–Trinajstić information content (AvgIpc) is 2.47. The van der Waals surface area contributed by atoms with E-state index in [1.165, 1.54) is 6.07 Å². The van der Waals surface area contributed by atoms with Crippen molar-refractivity contribution in [2.75, 3.05) is 13.2 Å². The summed E-state index contributed by atoms with van der Waals surface area (Å²) in [6, 6.07) is 3.04. The van der Waals surface area contributed by atoms with Gasteiger partial charge in [0.2, 0.25) is 0 Å². The van der Waals surface area contributed by atoms with Crippen LogP contribution in [-0.2, 0) is 11.3 Å². The number of hydrogen-bond acceptors (Lipinski definition) is 4. The Hall–Kier alpha value is -1.59. The molecule has 0 bridgehead atoms. The second-order valence-electron chi connectivity index (χ2n) is 4.79. The SMILES string of the molecule is OCc1cc(F)c2nc(C3CCOCC3)ncc2c1. The van der Waals surface area contributed by atoms with Crippen LogP contribution in [0.5, 0.6) is 0 Å². The van der Waals surface area contributed by atoms with Gasteiger partial charge in [-0.3, -0.25) is 0 Å². The highest BCUT2D eigenvalue weighted by molar-refractivity contribution is 5.79. The van der Waals surface area contributed by atoms with Crippen molar-refractivity contribution in [1.29, 1.82) is 0 Å². The van der Waals surface area contributed by atoms with Crippen molar-refractivity contribution in [2.45, 2.75) is 25.4 Å². The molecule has 1 saturated heterocycles. The lowest BCUT2D eigenvalue weighted by Crippen LogP contribution is -2.16. The average molecular weight is 262 g/mol. The lowest BCUT2D eigenvalue weighted by Gasteiger charge is -2.20. The molecule has 5 heteroatoms. The van der Waals surface area contributed by atoms with Gasteiger partial charge in [0.05, 0.1) is 6.61 Å². The quantitative estimate of drug-likeness (QED) is 0.901. The summed E-state index contributed by atoms with van der Waals surface area (Å²) >= 11 is 0. The van der Waals surface area contributed by atoms with Gasteiger partial charge in [-0.15, -0.1) is 0 Å². The maximum absolute atomic E-state index is 14.0. The van der Waals surface area contributed by atoms with Crippen LogP contribution in [0.15, 0.2) is 18.3 Å². The summed E-state index contributed by atoms with van der Waals surface area (Å²) < 4.78 is 19.3. The van der Waals surface area contributed by atoms with E-state index >= 15 is 0 Å². The largest absolute Gasteiger partial charge is 0.392 e. The van der Waals surface area contributed by atoms with Crippen molar-refractivity contribution in [3.8, 4) is 0 Å². The predicted octanol–water partition coefficient (Wildman–Crippen LogP) is 2.16. The maximum Gasteiger partial charge on any atom is 0.149 e. The number of halogens is 1. The van der Waals surface area contributed by atoms with Gasteiger partial charge in [-0.25, -0.2) is 14.4 Å². The van der Waals surface area contributed by atoms with Gasteiger partial charge in [0.15, 0.2) is 0 Å². The van der Waals surface area contributed by atoms with Crippen LogP contribution >= 0.6 is 0 Å². The predicted molar refractivity (Wildman–Crippen MR) is 68.2 cm³/mol. The van der Waals surface area contributed by atoms with E-state index in [4.69, 9.17) is 9.84 Å². The summed E-state index contributed by atoms with van der Waals surface area (Å²) in [5.74, 6) is 0.527. The Balaban J connectivity index is 2.02. The van der Waals surface area contributed by atoms with E-state index in [0.717, 1.165) is 12.8 Å². The Morgan fingerprint density at radius 1 is 1.32 bits per heavy atom. The van der Waals surface area contributed by atoms with Crippen LogP contribution in [0.25, 0.3) is 10.9 Å². The van der Waals surface area contributed by atoms with Crippen LogP contribution in [0, 0.1) is 5.82 Å². The first-order valence-corrected chi connectivity index (χ1v) is 6.41. The van der Waals surface area contributed by atoms with Crippen LogP contribution in [0.4, 0.5) is 4.39 Å². The first-order chi connectivity index (χ1) is 9.28. The molecule has 100 valence electrons. The zero-order valence-electron chi connectivity index (χ0n) is 10.5. The van der Waals surface area contributed by atoms with Crippen molar-refractivity contribution < 1.29 is 14.2 Å². The minimum atomic E-state index is -0.405. The van der Waals surface area contributed by atoms with Crippen molar-refractivity contribution >= 4 is 10.9 Å². The lowest BCUT2D eigenvalue weighted by atomic mass is 9.99. The number of ether oxygens (including phenoxy) is 1. The Morgan fingerprint density at radius 2 is 2.11 bits per heavy atom. The van der Waals surface area contributed by atoms with Crippen LogP contribution in [0.3, 0.4) is 0 Å². The molecular weight excluding hydrogens is 247 g/mol. The zero-order chi connectivity index (χ0) is 13.2. The number of benzene rings is 1. The molecule has 1 N–H and O–H groups in total. The molecule has 1 aliphatic rings. The van der Waals surface area contributed by atoms with Crippen molar-refractivity contribution in [2.24, 2.45) is 0 Å². The molecule has 0 saturated carbocycles. The summed E-state index contributed by atoms with van der Waals surface area (Å²) in [6.45, 7) is 1.23. The smallest absolute Gasteiger partial charge is 0.149 e. The molecule has 19 heavy (non-hydrogen) atoms. The van der Waals surface area contributed by atoms with E-state index in [-0.39, 0.29) is 12.5 Å². The summed E-state index contributed by atoms with van der Waals surface area (Å²) in [6.07, 6.45) is 3.39. The number of fused-ring (bicyclic) bond motifs is 1. The highest BCUT2D eigenvalue weighted by Gasteiger charge is 2.19. The normalized spacial score (nSPS) is 16.9. The van der Waals surface area contributed by atoms with Gasteiger partial charge < -0.3 is 9.84 Å². The molecule has 2 aromatic rings. The first-order valence-electron chi connectivity index (χ1n) is 6.41. The molecular formula is C14H15FN2O2.